The van der Waals surface area contributed by atoms with Gasteiger partial charge in [0.05, 0.1) is 0 Å². The van der Waals surface area contributed by atoms with E-state index in [1.165, 1.54) is 12.1 Å². The van der Waals surface area contributed by atoms with Gasteiger partial charge in [0, 0.05) is 17.7 Å². The highest BCUT2D eigenvalue weighted by Gasteiger charge is 2.31. The average molecular weight is 339 g/mol. The molecule has 0 aliphatic carbocycles. The van der Waals surface area contributed by atoms with Crippen molar-refractivity contribution in [3.05, 3.63) is 48.0 Å². The molecule has 2 N–H and O–H groups in total. The van der Waals surface area contributed by atoms with Crippen molar-refractivity contribution in [2.45, 2.75) is 19.7 Å². The number of carbonyl (C=O) groups excluding carboxylic acids is 1. The van der Waals surface area contributed by atoms with Gasteiger partial charge in [-0.05, 0) is 42.3 Å². The minimum absolute atomic E-state index is 0.178. The Morgan fingerprint density at radius 1 is 1.17 bits per heavy atom. The van der Waals surface area contributed by atoms with Crippen LogP contribution in [0.15, 0.2) is 42.5 Å². The highest BCUT2D eigenvalue weighted by atomic mass is 19.4. The van der Waals surface area contributed by atoms with Crippen LogP contribution in [-0.4, -0.2) is 23.9 Å². The summed E-state index contributed by atoms with van der Waals surface area (Å²) in [4.78, 5) is 11.8. The lowest BCUT2D eigenvalue weighted by Crippen LogP contribution is -2.23. The summed E-state index contributed by atoms with van der Waals surface area (Å²) >= 11 is 0. The number of halogens is 3. The zero-order valence-corrected chi connectivity index (χ0v) is 12.9. The topological polar surface area (TPSA) is 58.6 Å². The van der Waals surface area contributed by atoms with Gasteiger partial charge in [0.15, 0.2) is 0 Å². The third kappa shape index (κ3) is 4.65. The number of benzene rings is 2. The van der Waals surface area contributed by atoms with E-state index in [0.29, 0.717) is 17.7 Å². The van der Waals surface area contributed by atoms with Gasteiger partial charge in [-0.3, -0.25) is 4.79 Å². The Bertz CT molecular complexity index is 712. The molecule has 0 heterocycles. The Balaban J connectivity index is 2.25. The van der Waals surface area contributed by atoms with Crippen molar-refractivity contribution in [1.29, 1.82) is 0 Å². The van der Waals surface area contributed by atoms with E-state index in [9.17, 15) is 23.1 Å². The second-order valence-electron chi connectivity index (χ2n) is 5.06. The number of amides is 1. The van der Waals surface area contributed by atoms with E-state index in [-0.39, 0.29) is 17.2 Å². The molecule has 0 saturated heterocycles. The second-order valence-corrected chi connectivity index (χ2v) is 5.06. The number of aromatic hydroxyl groups is 1. The number of nitrogens with one attached hydrogen (secondary N) is 1. The molecule has 0 spiro atoms. The molecule has 0 saturated carbocycles. The molecule has 0 unspecified atom stereocenters. The Labute approximate surface area is 136 Å². The van der Waals surface area contributed by atoms with Gasteiger partial charge in [-0.25, -0.2) is 0 Å². The monoisotopic (exact) mass is 339 g/mol. The van der Waals surface area contributed by atoms with Gasteiger partial charge < -0.3 is 15.2 Å². The highest BCUT2D eigenvalue weighted by Crippen LogP contribution is 2.34. The fourth-order valence-electron chi connectivity index (χ4n) is 2.09. The Morgan fingerprint density at radius 3 is 2.42 bits per heavy atom. The molecule has 0 aromatic heterocycles. The van der Waals surface area contributed by atoms with E-state index in [0.717, 1.165) is 24.6 Å². The lowest BCUT2D eigenvalue weighted by atomic mass is 10.0. The normalized spacial score (nSPS) is 11.2. The molecule has 2 aromatic carbocycles. The molecule has 0 aliphatic rings. The van der Waals surface area contributed by atoms with Gasteiger partial charge in [0.1, 0.15) is 11.5 Å². The van der Waals surface area contributed by atoms with E-state index in [4.69, 9.17) is 0 Å². The van der Waals surface area contributed by atoms with Crippen LogP contribution in [-0.2, 0) is 0 Å². The molecular formula is C17H16F3NO3. The molecule has 4 nitrogen and oxygen atoms in total. The van der Waals surface area contributed by atoms with Crippen LogP contribution in [0.2, 0.25) is 0 Å². The fourth-order valence-corrected chi connectivity index (χ4v) is 2.09. The van der Waals surface area contributed by atoms with Crippen LogP contribution in [0.1, 0.15) is 23.7 Å². The molecule has 2 rings (SSSR count). The molecular weight excluding hydrogens is 323 g/mol. The third-order valence-electron chi connectivity index (χ3n) is 3.20. The summed E-state index contributed by atoms with van der Waals surface area (Å²) in [6.45, 7) is 2.49. The van der Waals surface area contributed by atoms with Crippen molar-refractivity contribution in [2.24, 2.45) is 0 Å². The predicted molar refractivity (Wildman–Crippen MR) is 82.9 cm³/mol. The molecule has 0 fully saturated rings. The van der Waals surface area contributed by atoms with Crippen LogP contribution in [0, 0.1) is 0 Å². The molecule has 7 heteroatoms. The fraction of sp³-hybridized carbons (Fsp3) is 0.235. The summed E-state index contributed by atoms with van der Waals surface area (Å²) in [5.74, 6) is -0.852. The minimum atomic E-state index is -4.81. The van der Waals surface area contributed by atoms with E-state index in [2.05, 4.69) is 10.1 Å². The van der Waals surface area contributed by atoms with E-state index >= 15 is 0 Å². The van der Waals surface area contributed by atoms with Crippen LogP contribution >= 0.6 is 0 Å². The number of alkyl halides is 3. The zero-order valence-electron chi connectivity index (χ0n) is 12.9. The maximum atomic E-state index is 12.3. The molecule has 0 bridgehead atoms. The molecule has 2 aromatic rings. The lowest BCUT2D eigenvalue weighted by Gasteiger charge is -2.12. The van der Waals surface area contributed by atoms with E-state index < -0.39 is 12.1 Å². The minimum Gasteiger partial charge on any atom is -0.507 e. The van der Waals surface area contributed by atoms with Gasteiger partial charge in [0.2, 0.25) is 0 Å². The highest BCUT2D eigenvalue weighted by molar-refractivity contribution is 5.94. The first kappa shape index (κ1) is 17.7. The number of hydrogen-bond donors (Lipinski definition) is 2. The smallest absolute Gasteiger partial charge is 0.507 e. The largest absolute Gasteiger partial charge is 0.573 e. The van der Waals surface area contributed by atoms with E-state index in [1.54, 1.807) is 12.1 Å². The van der Waals surface area contributed by atoms with Crippen LogP contribution in [0.5, 0.6) is 11.5 Å². The van der Waals surface area contributed by atoms with Gasteiger partial charge >= 0.3 is 6.36 Å². The van der Waals surface area contributed by atoms with Gasteiger partial charge in [-0.2, -0.15) is 0 Å². The summed E-state index contributed by atoms with van der Waals surface area (Å²) in [5.41, 5.74) is 1.07. The first-order chi connectivity index (χ1) is 11.3. The van der Waals surface area contributed by atoms with Crippen LogP contribution in [0.4, 0.5) is 13.2 Å². The zero-order chi connectivity index (χ0) is 17.7. The average Bonchev–Trinajstić information content (AvgIpc) is 2.53. The standard InChI is InChI=1S/C17H16F3NO3/c1-2-9-21-16(23)12-5-3-11(4-6-12)14-10-13(7-8-15(14)22)24-17(18,19)20/h3-8,10,22H,2,9H2,1H3,(H,21,23). The molecule has 24 heavy (non-hydrogen) atoms. The number of carbonyl (C=O) groups is 1. The Hall–Kier alpha value is -2.70. The SMILES string of the molecule is CCCNC(=O)c1ccc(-c2cc(OC(F)(F)F)ccc2O)cc1. The van der Waals surface area contributed by atoms with Crippen LogP contribution in [0.25, 0.3) is 11.1 Å². The van der Waals surface area contributed by atoms with Crippen molar-refractivity contribution < 1.29 is 27.8 Å². The van der Waals surface area contributed by atoms with Crippen molar-refractivity contribution in [2.75, 3.05) is 6.54 Å². The predicted octanol–water partition coefficient (Wildman–Crippen LogP) is 4.10. The summed E-state index contributed by atoms with van der Waals surface area (Å²) in [6.07, 6.45) is -4.00. The van der Waals surface area contributed by atoms with Crippen molar-refractivity contribution in [3.63, 3.8) is 0 Å². The maximum Gasteiger partial charge on any atom is 0.573 e. The number of ether oxygens (including phenoxy) is 1. The number of phenolic OH excluding ortho intramolecular Hbond substituents is 1. The first-order valence-electron chi connectivity index (χ1n) is 7.27. The van der Waals surface area contributed by atoms with E-state index in [1.807, 2.05) is 6.92 Å². The molecule has 1 amide bonds. The van der Waals surface area contributed by atoms with Gasteiger partial charge in [-0.15, -0.1) is 13.2 Å². The van der Waals surface area contributed by atoms with Crippen LogP contribution in [0.3, 0.4) is 0 Å². The Kier molecular flexibility index (Phi) is 5.33. The van der Waals surface area contributed by atoms with Crippen LogP contribution < -0.4 is 10.1 Å². The molecule has 0 aliphatic heterocycles. The summed E-state index contributed by atoms with van der Waals surface area (Å²) in [5, 5.41) is 12.6. The number of hydrogen-bond acceptors (Lipinski definition) is 3. The molecule has 0 atom stereocenters. The third-order valence-corrected chi connectivity index (χ3v) is 3.20. The maximum absolute atomic E-state index is 12.3. The molecule has 0 radical (unpaired) electrons. The number of phenols is 1. The quantitative estimate of drug-likeness (QED) is 0.862. The molecule has 128 valence electrons. The number of rotatable bonds is 5. The summed E-state index contributed by atoms with van der Waals surface area (Å²) < 4.78 is 40.7. The van der Waals surface area contributed by atoms with Crippen molar-refractivity contribution >= 4 is 5.91 Å². The summed E-state index contributed by atoms with van der Waals surface area (Å²) in [7, 11) is 0. The lowest BCUT2D eigenvalue weighted by molar-refractivity contribution is -0.274. The van der Waals surface area contributed by atoms with Gasteiger partial charge in [0.25, 0.3) is 5.91 Å². The summed E-state index contributed by atoms with van der Waals surface area (Å²) in [6, 6.07) is 9.42. The second kappa shape index (κ2) is 7.25. The van der Waals surface area contributed by atoms with Gasteiger partial charge in [-0.1, -0.05) is 19.1 Å². The first-order valence-corrected chi connectivity index (χ1v) is 7.27. The Morgan fingerprint density at radius 2 is 1.83 bits per heavy atom. The van der Waals surface area contributed by atoms with Crippen molar-refractivity contribution in [1.82, 2.24) is 5.32 Å². The van der Waals surface area contributed by atoms with Crippen molar-refractivity contribution in [3.8, 4) is 22.6 Å².